The standard InChI is InChI=1S/C57H56ClN7O16/c58-34-15-25-4-8-39(34)81-41-17-29-16-40(52(41)73)80-30-5-1-24(2-6-30)50(71)49-56(77)64-48(57(78)79)32-18-38(68)33(21-60-45-27-10-22-9-23(12-27)13-28(45)11-22)51(72)44(32)31-14-26(3-7-36(31)66)46(54(75)65-49)63-55(76)47(29)62-53(74)35(19-42(59)69)61-43(70)20-37(25)67/h1-8,14-18,22-23,27-28,35,37,45-50,60,66-68,71-73H,9-13,19-21H2,(H2,59,69)(H,61,70)(H,62,74)(H,63,76)(H,64,77)(H,65,75)(H,78,79)/t22?,23?,27?,28?,35-,37-,45?,46+,47+,48-,49-,50+/m0/s1. The zero-order valence-corrected chi connectivity index (χ0v) is 43.6. The van der Waals surface area contributed by atoms with E-state index in [-0.39, 0.29) is 68.1 Å². The second-order valence-electron chi connectivity index (χ2n) is 21.7. The van der Waals surface area contributed by atoms with Gasteiger partial charge in [-0.1, -0.05) is 35.9 Å². The molecule has 5 aromatic carbocycles. The summed E-state index contributed by atoms with van der Waals surface area (Å²) >= 11 is 6.63. The van der Waals surface area contributed by atoms with Crippen LogP contribution in [0.3, 0.4) is 0 Å². The number of aliphatic hydroxyl groups excluding tert-OH is 2. The van der Waals surface area contributed by atoms with Crippen LogP contribution in [0, 0.1) is 23.7 Å². The van der Waals surface area contributed by atoms with Gasteiger partial charge in [-0.05, 0) is 133 Å². The van der Waals surface area contributed by atoms with Gasteiger partial charge >= 0.3 is 5.97 Å². The Kier molecular flexibility index (Phi) is 14.4. The number of aliphatic hydroxyl groups is 2. The molecule has 81 heavy (non-hydrogen) atoms. The van der Waals surface area contributed by atoms with E-state index in [1.54, 1.807) is 0 Å². The highest BCUT2D eigenvalue weighted by atomic mass is 35.5. The van der Waals surface area contributed by atoms with Crippen LogP contribution in [0.1, 0.15) is 109 Å². The van der Waals surface area contributed by atoms with Crippen molar-refractivity contribution in [3.8, 4) is 57.1 Å². The maximum absolute atomic E-state index is 15.4. The van der Waals surface area contributed by atoms with Crippen molar-refractivity contribution in [3.63, 3.8) is 0 Å². The largest absolute Gasteiger partial charge is 0.507 e. The average Bonchev–Trinajstić information content (AvgIpc) is 3.52. The Labute approximate surface area is 465 Å². The highest BCUT2D eigenvalue weighted by Crippen LogP contribution is 2.55. The van der Waals surface area contributed by atoms with Crippen LogP contribution in [-0.4, -0.2) is 95.3 Å². The molecule has 5 aliphatic heterocycles. The Hall–Kier alpha value is -8.64. The Morgan fingerprint density at radius 2 is 1.27 bits per heavy atom. The average molecular weight is 1130 g/mol. The number of carboxylic acid groups (broad SMARTS) is 1. The summed E-state index contributed by atoms with van der Waals surface area (Å²) in [6.07, 6.45) is 0.336. The van der Waals surface area contributed by atoms with Crippen molar-refractivity contribution in [1.29, 1.82) is 0 Å². The molecule has 0 unspecified atom stereocenters. The zero-order valence-electron chi connectivity index (χ0n) is 42.9. The summed E-state index contributed by atoms with van der Waals surface area (Å²) in [5, 5.41) is 97.4. The molecule has 15 N–H and O–H groups in total. The van der Waals surface area contributed by atoms with E-state index in [0.717, 1.165) is 56.0 Å². The molecule has 7 atom stereocenters. The van der Waals surface area contributed by atoms with Crippen LogP contribution in [0.4, 0.5) is 0 Å². The van der Waals surface area contributed by atoms with Crippen molar-refractivity contribution in [3.05, 3.63) is 117 Å². The number of aliphatic carboxylic acids is 1. The number of aromatic hydroxyl groups is 4. The van der Waals surface area contributed by atoms with Gasteiger partial charge in [-0.3, -0.25) is 28.8 Å². The van der Waals surface area contributed by atoms with Gasteiger partial charge in [-0.25, -0.2) is 4.79 Å². The van der Waals surface area contributed by atoms with Crippen molar-refractivity contribution < 1.29 is 78.8 Å². The molecule has 0 radical (unpaired) electrons. The van der Waals surface area contributed by atoms with Crippen LogP contribution < -0.4 is 47.1 Å². The first-order chi connectivity index (χ1) is 38.7. The van der Waals surface area contributed by atoms with Crippen LogP contribution in [0.2, 0.25) is 5.02 Å². The van der Waals surface area contributed by atoms with Gasteiger partial charge in [0.1, 0.15) is 59.0 Å². The molecule has 4 aliphatic carbocycles. The molecule has 422 valence electrons. The minimum Gasteiger partial charge on any atom is -0.507 e. The highest BCUT2D eigenvalue weighted by molar-refractivity contribution is 6.32. The minimum absolute atomic E-state index is 0.0469. The molecular formula is C57H56ClN7O16. The lowest BCUT2D eigenvalue weighted by molar-refractivity contribution is -0.143. The fraction of sp³-hybridized carbons (Fsp3) is 0.351. The molecule has 4 saturated carbocycles. The Morgan fingerprint density at radius 1 is 0.642 bits per heavy atom. The number of rotatable bonds is 6. The number of halogens is 1. The van der Waals surface area contributed by atoms with Gasteiger partial charge in [0.25, 0.3) is 0 Å². The van der Waals surface area contributed by atoms with Crippen molar-refractivity contribution in [2.24, 2.45) is 29.4 Å². The lowest BCUT2D eigenvalue weighted by Crippen LogP contribution is -2.55. The number of carbonyl (C=O) groups excluding carboxylic acids is 6. The Morgan fingerprint density at radius 3 is 1.94 bits per heavy atom. The summed E-state index contributed by atoms with van der Waals surface area (Å²) in [5.41, 5.74) is 3.96. The number of benzene rings is 5. The maximum Gasteiger partial charge on any atom is 0.330 e. The molecule has 0 saturated heterocycles. The van der Waals surface area contributed by atoms with E-state index in [1.165, 1.54) is 55.0 Å². The normalized spacial score (nSPS) is 27.8. The van der Waals surface area contributed by atoms with Gasteiger partial charge in [0.05, 0.1) is 29.5 Å². The van der Waals surface area contributed by atoms with Crippen LogP contribution >= 0.6 is 11.6 Å². The quantitative estimate of drug-likeness (QED) is 0.115. The van der Waals surface area contributed by atoms with Gasteiger partial charge in [-0.15, -0.1) is 0 Å². The van der Waals surface area contributed by atoms with E-state index in [9.17, 15) is 59.7 Å². The van der Waals surface area contributed by atoms with Crippen LogP contribution in [0.15, 0.2) is 78.9 Å². The van der Waals surface area contributed by atoms with Crippen molar-refractivity contribution in [2.45, 2.75) is 99.9 Å². The number of nitrogens with one attached hydrogen (secondary N) is 6. The molecule has 15 bridgehead atoms. The number of phenols is 4. The first-order valence-corrected chi connectivity index (χ1v) is 26.7. The zero-order chi connectivity index (χ0) is 57.3. The first kappa shape index (κ1) is 54.3. The topological polar surface area (TPSA) is 378 Å². The summed E-state index contributed by atoms with van der Waals surface area (Å²) < 4.78 is 12.2. The second-order valence-corrected chi connectivity index (χ2v) is 22.1. The molecule has 24 heteroatoms. The SMILES string of the molecule is NC(=O)C[C@@H]1NC(=O)C[C@H](O)c2ccc(c(Cl)c2)Oc2cc3cc(c2O)Oc2ccc(cc2)[C@@H](O)[C@@H]2NC(=O)[C@H](NC(=O)[C@@H]3NC1=O)c1ccc(O)c(c1)-c1c(cc(O)c(CNC3C4CC5CC(C4)CC3C5)c1O)[C@@H](C(=O)O)NC2=O. The van der Waals surface area contributed by atoms with Gasteiger partial charge in [0, 0.05) is 29.3 Å². The van der Waals surface area contributed by atoms with E-state index < -0.39 is 137 Å². The van der Waals surface area contributed by atoms with Crippen LogP contribution in [0.5, 0.6) is 46.0 Å². The maximum atomic E-state index is 15.4. The first-order valence-electron chi connectivity index (χ1n) is 26.3. The van der Waals surface area contributed by atoms with E-state index in [2.05, 4.69) is 31.9 Å². The van der Waals surface area contributed by atoms with Gasteiger partial charge in [-0.2, -0.15) is 0 Å². The van der Waals surface area contributed by atoms with E-state index in [4.69, 9.17) is 26.8 Å². The van der Waals surface area contributed by atoms with Gasteiger partial charge < -0.3 is 82.9 Å². The predicted molar refractivity (Wildman–Crippen MR) is 283 cm³/mol. The molecular weight excluding hydrogens is 1070 g/mol. The molecule has 5 heterocycles. The summed E-state index contributed by atoms with van der Waals surface area (Å²) in [4.78, 5) is 99.0. The third-order valence-corrected chi connectivity index (χ3v) is 16.8. The number of phenolic OH excluding ortho intramolecular Hbond substituents is 4. The number of ether oxygens (including phenoxy) is 2. The third-order valence-electron chi connectivity index (χ3n) is 16.5. The molecule has 4 fully saturated rings. The fourth-order valence-corrected chi connectivity index (χ4v) is 13.0. The summed E-state index contributed by atoms with van der Waals surface area (Å²) in [5.74, 6) is -10.3. The molecule has 6 amide bonds. The van der Waals surface area contributed by atoms with Crippen molar-refractivity contribution in [2.75, 3.05) is 0 Å². The Bertz CT molecular complexity index is 3420. The van der Waals surface area contributed by atoms with Crippen LogP contribution in [-0.2, 0) is 40.1 Å². The molecule has 0 aromatic heterocycles. The number of amides is 6. The van der Waals surface area contributed by atoms with E-state index >= 15 is 9.59 Å². The lowest BCUT2D eigenvalue weighted by atomic mass is 9.54. The number of hydrogen-bond acceptors (Lipinski definition) is 16. The predicted octanol–water partition coefficient (Wildman–Crippen LogP) is 3.93. The van der Waals surface area contributed by atoms with Crippen molar-refractivity contribution >= 4 is 53.0 Å². The number of fused-ring (bicyclic) bond motifs is 15. The van der Waals surface area contributed by atoms with Gasteiger partial charge in [0.15, 0.2) is 17.5 Å². The third kappa shape index (κ3) is 10.6. The number of primary amides is 1. The summed E-state index contributed by atoms with van der Waals surface area (Å²) in [6, 6.07) is 5.86. The second kappa shape index (κ2) is 21.4. The molecule has 0 spiro atoms. The lowest BCUT2D eigenvalue weighted by Gasteiger charge is -2.54. The molecule has 14 rings (SSSR count). The van der Waals surface area contributed by atoms with E-state index in [0.29, 0.717) is 23.7 Å². The Balaban J connectivity index is 1.08. The number of carbonyl (C=O) groups is 7. The van der Waals surface area contributed by atoms with Crippen molar-refractivity contribution in [1.82, 2.24) is 31.9 Å². The molecule has 5 aromatic rings. The van der Waals surface area contributed by atoms with E-state index in [1.807, 2.05) is 0 Å². The number of hydrogen-bond donors (Lipinski definition) is 14. The smallest absolute Gasteiger partial charge is 0.330 e. The molecule has 23 nitrogen and oxygen atoms in total. The summed E-state index contributed by atoms with van der Waals surface area (Å²) in [6.45, 7) is -0.105. The highest BCUT2D eigenvalue weighted by Gasteiger charge is 2.48. The molecule has 9 aliphatic rings. The number of nitrogens with two attached hydrogens (primary N) is 1. The van der Waals surface area contributed by atoms with Gasteiger partial charge in [0.2, 0.25) is 41.2 Å². The monoisotopic (exact) mass is 1130 g/mol. The summed E-state index contributed by atoms with van der Waals surface area (Å²) in [7, 11) is 0. The fourth-order valence-electron chi connectivity index (χ4n) is 12.8. The van der Waals surface area contributed by atoms with Crippen LogP contribution in [0.25, 0.3) is 11.1 Å². The minimum atomic E-state index is -2.14. The number of carboxylic acids is 1.